The molecule has 164 valence electrons. The Morgan fingerprint density at radius 2 is 1.90 bits per heavy atom. The van der Waals surface area contributed by atoms with Crippen molar-refractivity contribution in [2.75, 3.05) is 51.3 Å². The number of hydrogen-bond acceptors (Lipinski definition) is 7. The van der Waals surface area contributed by atoms with Gasteiger partial charge in [-0.25, -0.2) is 9.97 Å². The quantitative estimate of drug-likeness (QED) is 0.606. The average molecular weight is 455 g/mol. The molecule has 0 unspecified atom stereocenters. The third kappa shape index (κ3) is 5.80. The predicted molar refractivity (Wildman–Crippen MR) is 122 cm³/mol. The largest absolute Gasteiger partial charge is 0.379 e. The second kappa shape index (κ2) is 11.4. The van der Waals surface area contributed by atoms with Crippen LogP contribution in [0.5, 0.6) is 0 Å². The summed E-state index contributed by atoms with van der Waals surface area (Å²) in [6.07, 6.45) is 0.913. The topological polar surface area (TPSA) is 105 Å². The lowest BCUT2D eigenvalue weighted by atomic mass is 10.1. The summed E-state index contributed by atoms with van der Waals surface area (Å²) < 4.78 is 5.41. The zero-order chi connectivity index (χ0) is 19.3. The Morgan fingerprint density at radius 3 is 2.60 bits per heavy atom. The van der Waals surface area contributed by atoms with E-state index in [1.807, 2.05) is 12.1 Å². The van der Waals surface area contributed by atoms with Crippen LogP contribution in [-0.4, -0.2) is 66.7 Å². The van der Waals surface area contributed by atoms with E-state index in [1.165, 1.54) is 5.56 Å². The molecule has 1 fully saturated rings. The number of aromatic nitrogens is 2. The van der Waals surface area contributed by atoms with E-state index < -0.39 is 5.91 Å². The number of nitrogens with one attached hydrogen (secondary N) is 2. The first-order chi connectivity index (χ1) is 13.7. The lowest BCUT2D eigenvalue weighted by Crippen LogP contribution is -2.39. The summed E-state index contributed by atoms with van der Waals surface area (Å²) in [6.45, 7) is 7.03. The summed E-state index contributed by atoms with van der Waals surface area (Å²) in [5.41, 5.74) is 8.91. The van der Waals surface area contributed by atoms with Crippen LogP contribution in [0.3, 0.4) is 0 Å². The number of benzene rings is 1. The monoisotopic (exact) mass is 454 g/mol. The molecule has 4 N–H and O–H groups in total. The summed E-state index contributed by atoms with van der Waals surface area (Å²) in [5, 5.41) is 6.90. The van der Waals surface area contributed by atoms with E-state index in [1.54, 1.807) is 12.1 Å². The first-order valence-electron chi connectivity index (χ1n) is 9.75. The molecular formula is C20H28Cl2N6O2. The molecule has 1 amide bonds. The van der Waals surface area contributed by atoms with Gasteiger partial charge in [-0.1, -0.05) is 12.1 Å². The lowest BCUT2D eigenvalue weighted by molar-refractivity contribution is 0.0398. The third-order valence-corrected chi connectivity index (χ3v) is 5.19. The number of morpholine rings is 1. The molecule has 4 rings (SSSR count). The van der Waals surface area contributed by atoms with Crippen LogP contribution in [0.4, 0.5) is 5.82 Å². The van der Waals surface area contributed by atoms with Gasteiger partial charge in [-0.05, 0) is 25.1 Å². The Labute approximate surface area is 188 Å². The van der Waals surface area contributed by atoms with Gasteiger partial charge in [0.1, 0.15) is 5.82 Å². The fraction of sp³-hybridized carbons (Fsp3) is 0.450. The highest BCUT2D eigenvalue weighted by atomic mass is 35.5. The molecule has 1 saturated heterocycles. The summed E-state index contributed by atoms with van der Waals surface area (Å²) in [5.74, 6) is 1.13. The molecular weight excluding hydrogens is 427 g/mol. The second-order valence-corrected chi connectivity index (χ2v) is 7.07. The van der Waals surface area contributed by atoms with Gasteiger partial charge in [-0.15, -0.1) is 24.8 Å². The van der Waals surface area contributed by atoms with Crippen molar-refractivity contribution in [3.63, 3.8) is 0 Å². The Kier molecular flexibility index (Phi) is 9.26. The summed E-state index contributed by atoms with van der Waals surface area (Å²) in [7, 11) is 0. The van der Waals surface area contributed by atoms with E-state index in [2.05, 4.69) is 15.5 Å². The highest BCUT2D eigenvalue weighted by molar-refractivity contribution is 5.93. The SMILES string of the molecule is Cl.Cl.NC(=O)c1ccc(-c2nc3c(c(NCCN4CCOCC4)n2)CCNC3)cc1. The number of ether oxygens (including phenoxy) is 1. The van der Waals surface area contributed by atoms with Crippen LogP contribution in [-0.2, 0) is 17.7 Å². The molecule has 2 aromatic rings. The minimum Gasteiger partial charge on any atom is -0.379 e. The summed E-state index contributed by atoms with van der Waals surface area (Å²) in [4.78, 5) is 23.3. The third-order valence-electron chi connectivity index (χ3n) is 5.19. The molecule has 0 aliphatic carbocycles. The smallest absolute Gasteiger partial charge is 0.248 e. The number of hydrogen-bond donors (Lipinski definition) is 3. The van der Waals surface area contributed by atoms with Crippen LogP contribution in [0, 0.1) is 0 Å². The Hall–Kier alpha value is -1.97. The van der Waals surface area contributed by atoms with Crippen molar-refractivity contribution in [1.29, 1.82) is 0 Å². The number of nitrogens with two attached hydrogens (primary N) is 1. The van der Waals surface area contributed by atoms with Crippen molar-refractivity contribution in [2.24, 2.45) is 5.73 Å². The molecule has 8 nitrogen and oxygen atoms in total. The number of nitrogens with zero attached hydrogens (tertiary/aromatic N) is 3. The van der Waals surface area contributed by atoms with Crippen molar-refractivity contribution in [1.82, 2.24) is 20.2 Å². The molecule has 0 bridgehead atoms. The van der Waals surface area contributed by atoms with Gasteiger partial charge >= 0.3 is 0 Å². The number of halogens is 2. The second-order valence-electron chi connectivity index (χ2n) is 7.07. The molecule has 0 saturated carbocycles. The van der Waals surface area contributed by atoms with Gasteiger partial charge in [0.05, 0.1) is 18.9 Å². The van der Waals surface area contributed by atoms with Crippen LogP contribution >= 0.6 is 24.8 Å². The average Bonchev–Trinajstić information content (AvgIpc) is 2.74. The zero-order valence-electron chi connectivity index (χ0n) is 16.7. The maximum Gasteiger partial charge on any atom is 0.248 e. The molecule has 0 spiro atoms. The highest BCUT2D eigenvalue weighted by Crippen LogP contribution is 2.25. The Bertz CT molecular complexity index is 844. The number of carbonyl (C=O) groups is 1. The lowest BCUT2D eigenvalue weighted by Gasteiger charge is -2.27. The van der Waals surface area contributed by atoms with Crippen LogP contribution in [0.2, 0.25) is 0 Å². The van der Waals surface area contributed by atoms with Gasteiger partial charge in [0.15, 0.2) is 5.82 Å². The van der Waals surface area contributed by atoms with Gasteiger partial charge in [0, 0.05) is 49.4 Å². The van der Waals surface area contributed by atoms with E-state index >= 15 is 0 Å². The molecule has 2 aliphatic heterocycles. The molecule has 0 atom stereocenters. The van der Waals surface area contributed by atoms with Crippen LogP contribution in [0.1, 0.15) is 21.6 Å². The number of anilines is 1. The Morgan fingerprint density at radius 1 is 1.17 bits per heavy atom. The van der Waals surface area contributed by atoms with Gasteiger partial charge < -0.3 is 21.1 Å². The van der Waals surface area contributed by atoms with Crippen LogP contribution in [0.15, 0.2) is 24.3 Å². The van der Waals surface area contributed by atoms with Gasteiger partial charge in [0.25, 0.3) is 0 Å². The van der Waals surface area contributed by atoms with E-state index in [9.17, 15) is 4.79 Å². The van der Waals surface area contributed by atoms with Gasteiger partial charge in [0.2, 0.25) is 5.91 Å². The number of primary amides is 1. The highest BCUT2D eigenvalue weighted by Gasteiger charge is 2.19. The molecule has 0 radical (unpaired) electrons. The minimum atomic E-state index is -0.437. The first kappa shape index (κ1) is 24.3. The molecule has 1 aromatic carbocycles. The van der Waals surface area contributed by atoms with E-state index in [4.69, 9.17) is 20.4 Å². The first-order valence-corrected chi connectivity index (χ1v) is 9.75. The van der Waals surface area contributed by atoms with Crippen LogP contribution < -0.4 is 16.4 Å². The maximum atomic E-state index is 11.3. The summed E-state index contributed by atoms with van der Waals surface area (Å²) >= 11 is 0. The number of fused-ring (bicyclic) bond motifs is 1. The normalized spacial score (nSPS) is 16.0. The van der Waals surface area contributed by atoms with Crippen molar-refractivity contribution in [3.8, 4) is 11.4 Å². The van der Waals surface area contributed by atoms with Crippen LogP contribution in [0.25, 0.3) is 11.4 Å². The fourth-order valence-corrected chi connectivity index (χ4v) is 3.58. The van der Waals surface area contributed by atoms with E-state index in [0.717, 1.165) is 76.0 Å². The van der Waals surface area contributed by atoms with Gasteiger partial charge in [-0.3, -0.25) is 9.69 Å². The molecule has 30 heavy (non-hydrogen) atoms. The molecule has 3 heterocycles. The standard InChI is InChI=1S/C20H26N6O2.2ClH/c21-18(27)14-1-3-15(4-2-14)19-24-17-13-22-6-5-16(17)20(25-19)23-7-8-26-9-11-28-12-10-26;;/h1-4,22H,5-13H2,(H2,21,27)(H,23,24,25);2*1H. The molecule has 10 heteroatoms. The molecule has 2 aliphatic rings. The Balaban J connectivity index is 0.00000160. The predicted octanol–water partition coefficient (Wildman–Crippen LogP) is 1.48. The minimum absolute atomic E-state index is 0. The van der Waals surface area contributed by atoms with E-state index in [-0.39, 0.29) is 24.8 Å². The number of rotatable bonds is 6. The number of carbonyl (C=O) groups excluding carboxylic acids is 1. The molecule has 1 aromatic heterocycles. The van der Waals surface area contributed by atoms with Gasteiger partial charge in [-0.2, -0.15) is 0 Å². The van der Waals surface area contributed by atoms with E-state index in [0.29, 0.717) is 11.4 Å². The van der Waals surface area contributed by atoms with Crippen molar-refractivity contribution in [3.05, 3.63) is 41.1 Å². The van der Waals surface area contributed by atoms with Crippen molar-refractivity contribution >= 4 is 36.5 Å². The summed E-state index contributed by atoms with van der Waals surface area (Å²) in [6, 6.07) is 7.11. The van der Waals surface area contributed by atoms with Crippen molar-refractivity contribution in [2.45, 2.75) is 13.0 Å². The van der Waals surface area contributed by atoms with Crippen molar-refractivity contribution < 1.29 is 9.53 Å². The maximum absolute atomic E-state index is 11.3. The fourth-order valence-electron chi connectivity index (χ4n) is 3.58. The number of amides is 1. The zero-order valence-corrected chi connectivity index (χ0v) is 18.4.